The number of ether oxygens (including phenoxy) is 1. The highest BCUT2D eigenvalue weighted by molar-refractivity contribution is 7.22. The van der Waals surface area contributed by atoms with Crippen LogP contribution in [0.25, 0.3) is 10.2 Å². The number of hydrogen-bond acceptors (Lipinski definition) is 5. The highest BCUT2D eigenvalue weighted by Crippen LogP contribution is 2.33. The summed E-state index contributed by atoms with van der Waals surface area (Å²) in [6.45, 7) is 8.58. The molecule has 0 saturated carbocycles. The van der Waals surface area contributed by atoms with Crippen LogP contribution in [0, 0.1) is 13.8 Å². The summed E-state index contributed by atoms with van der Waals surface area (Å²) in [5, 5.41) is 1.57. The van der Waals surface area contributed by atoms with E-state index < -0.39 is 0 Å². The number of benzene rings is 2. The van der Waals surface area contributed by atoms with Crippen LogP contribution in [0.2, 0.25) is 10.0 Å². The van der Waals surface area contributed by atoms with Crippen LogP contribution in [0.1, 0.15) is 21.5 Å². The van der Waals surface area contributed by atoms with Gasteiger partial charge in [-0.05, 0) is 49.2 Å². The van der Waals surface area contributed by atoms with E-state index in [1.807, 2.05) is 0 Å². The lowest BCUT2D eigenvalue weighted by molar-refractivity contribution is 0.0391. The van der Waals surface area contributed by atoms with Gasteiger partial charge in [0.05, 0.1) is 23.4 Å². The van der Waals surface area contributed by atoms with E-state index >= 15 is 0 Å². The first-order valence-corrected chi connectivity index (χ1v) is 11.4. The molecule has 1 aliphatic rings. The molecular formula is C22H24Cl3N3O2S. The van der Waals surface area contributed by atoms with Crippen molar-refractivity contribution in [2.45, 2.75) is 13.8 Å². The Morgan fingerprint density at radius 2 is 1.84 bits per heavy atom. The van der Waals surface area contributed by atoms with Crippen LogP contribution in [0.15, 0.2) is 30.3 Å². The molecule has 166 valence electrons. The molecule has 0 N–H and O–H groups in total. The fraction of sp³-hybridized carbons (Fsp3) is 0.364. The highest BCUT2D eigenvalue weighted by atomic mass is 35.5. The highest BCUT2D eigenvalue weighted by Gasteiger charge is 2.24. The Morgan fingerprint density at radius 3 is 2.52 bits per heavy atom. The van der Waals surface area contributed by atoms with Gasteiger partial charge in [-0.3, -0.25) is 14.6 Å². The monoisotopic (exact) mass is 499 g/mol. The van der Waals surface area contributed by atoms with Gasteiger partial charge in [0, 0.05) is 41.8 Å². The number of rotatable bonds is 5. The summed E-state index contributed by atoms with van der Waals surface area (Å²) in [5.74, 6) is -0.152. The lowest BCUT2D eigenvalue weighted by atomic mass is 10.1. The quantitative estimate of drug-likeness (QED) is 0.456. The number of morpholine rings is 1. The molecule has 5 nitrogen and oxygen atoms in total. The van der Waals surface area contributed by atoms with Crippen molar-refractivity contribution < 1.29 is 9.53 Å². The van der Waals surface area contributed by atoms with Crippen LogP contribution < -0.4 is 4.90 Å². The maximum absolute atomic E-state index is 13.5. The average molecular weight is 501 g/mol. The van der Waals surface area contributed by atoms with Crippen molar-refractivity contribution in [2.24, 2.45) is 0 Å². The first-order chi connectivity index (χ1) is 14.4. The average Bonchev–Trinajstić information content (AvgIpc) is 3.15. The summed E-state index contributed by atoms with van der Waals surface area (Å²) in [6.07, 6.45) is 0. The minimum atomic E-state index is -0.152. The number of thiazole rings is 1. The van der Waals surface area contributed by atoms with Crippen molar-refractivity contribution in [2.75, 3.05) is 44.3 Å². The minimum Gasteiger partial charge on any atom is -0.379 e. The predicted molar refractivity (Wildman–Crippen MR) is 132 cm³/mol. The summed E-state index contributed by atoms with van der Waals surface area (Å²) in [5.41, 5.74) is 3.73. The molecule has 0 atom stereocenters. The Bertz CT molecular complexity index is 1060. The van der Waals surface area contributed by atoms with E-state index in [9.17, 15) is 4.79 Å². The third-order valence-electron chi connectivity index (χ3n) is 5.40. The second-order valence-electron chi connectivity index (χ2n) is 7.42. The normalized spacial score (nSPS) is 14.5. The van der Waals surface area contributed by atoms with E-state index in [2.05, 4.69) is 30.9 Å². The second-order valence-corrected chi connectivity index (χ2v) is 9.30. The van der Waals surface area contributed by atoms with Gasteiger partial charge in [-0.15, -0.1) is 12.4 Å². The summed E-state index contributed by atoms with van der Waals surface area (Å²) >= 11 is 13.8. The van der Waals surface area contributed by atoms with E-state index in [1.165, 1.54) is 16.9 Å². The number of anilines is 1. The number of hydrogen-bond donors (Lipinski definition) is 0. The molecule has 0 bridgehead atoms. The van der Waals surface area contributed by atoms with E-state index in [0.717, 1.165) is 48.6 Å². The number of fused-ring (bicyclic) bond motifs is 1. The van der Waals surface area contributed by atoms with E-state index in [0.29, 0.717) is 27.3 Å². The third-order valence-corrected chi connectivity index (χ3v) is 6.88. The topological polar surface area (TPSA) is 45.7 Å². The Labute approximate surface area is 202 Å². The van der Waals surface area contributed by atoms with Crippen molar-refractivity contribution in [3.05, 3.63) is 57.1 Å². The van der Waals surface area contributed by atoms with Crippen molar-refractivity contribution in [3.8, 4) is 0 Å². The number of halogens is 3. The maximum atomic E-state index is 13.5. The Hall–Kier alpha value is -1.41. The zero-order valence-corrected chi connectivity index (χ0v) is 20.5. The fourth-order valence-electron chi connectivity index (χ4n) is 3.51. The van der Waals surface area contributed by atoms with Gasteiger partial charge in [0.1, 0.15) is 0 Å². The Balaban J connectivity index is 0.00000272. The largest absolute Gasteiger partial charge is 0.379 e. The predicted octanol–water partition coefficient (Wildman–Crippen LogP) is 5.62. The van der Waals surface area contributed by atoms with Gasteiger partial charge in [-0.25, -0.2) is 4.98 Å². The van der Waals surface area contributed by atoms with Crippen molar-refractivity contribution in [1.29, 1.82) is 0 Å². The van der Waals surface area contributed by atoms with Gasteiger partial charge >= 0.3 is 0 Å². The molecule has 1 aromatic heterocycles. The lowest BCUT2D eigenvalue weighted by Gasteiger charge is -2.29. The van der Waals surface area contributed by atoms with Crippen LogP contribution in [0.3, 0.4) is 0 Å². The third kappa shape index (κ3) is 5.51. The first-order valence-electron chi connectivity index (χ1n) is 9.87. The standard InChI is InChI=1S/C22H23Cl2N3O2S.ClH/c1-14-3-4-19-20(15(14)2)25-22(30-19)27(6-5-26-7-9-29-10-8-26)21(28)16-11-17(23)13-18(24)12-16;/h3-4,11-13H,5-10H2,1-2H3;1H. The zero-order chi connectivity index (χ0) is 21.3. The molecule has 2 aromatic carbocycles. The van der Waals surface area contributed by atoms with Gasteiger partial charge in [0.15, 0.2) is 5.13 Å². The molecule has 0 aliphatic carbocycles. The van der Waals surface area contributed by atoms with Gasteiger partial charge in [-0.1, -0.05) is 40.6 Å². The molecule has 0 spiro atoms. The second kappa shape index (κ2) is 10.5. The molecule has 3 aromatic rings. The Morgan fingerprint density at radius 1 is 1.16 bits per heavy atom. The van der Waals surface area contributed by atoms with Crippen molar-refractivity contribution >= 4 is 68.2 Å². The molecule has 0 unspecified atom stereocenters. The molecule has 1 aliphatic heterocycles. The Kier molecular flexibility index (Phi) is 8.19. The summed E-state index contributed by atoms with van der Waals surface area (Å²) < 4.78 is 6.51. The van der Waals surface area contributed by atoms with Crippen LogP contribution in [0.5, 0.6) is 0 Å². The first kappa shape index (κ1) is 24.2. The zero-order valence-electron chi connectivity index (χ0n) is 17.4. The van der Waals surface area contributed by atoms with Gasteiger partial charge < -0.3 is 4.74 Å². The molecular weight excluding hydrogens is 477 g/mol. The molecule has 1 saturated heterocycles. The van der Waals surface area contributed by atoms with E-state index in [1.54, 1.807) is 23.1 Å². The van der Waals surface area contributed by atoms with Gasteiger partial charge in [0.2, 0.25) is 0 Å². The fourth-order valence-corrected chi connectivity index (χ4v) is 5.09. The molecule has 1 fully saturated rings. The van der Waals surface area contributed by atoms with Crippen LogP contribution in [-0.4, -0.2) is 55.2 Å². The SMILES string of the molecule is Cc1ccc2sc(N(CCN3CCOCC3)C(=O)c3cc(Cl)cc(Cl)c3)nc2c1C.Cl. The van der Waals surface area contributed by atoms with Crippen molar-refractivity contribution in [3.63, 3.8) is 0 Å². The summed E-state index contributed by atoms with van der Waals surface area (Å²) in [7, 11) is 0. The molecule has 1 amide bonds. The number of amides is 1. The molecule has 31 heavy (non-hydrogen) atoms. The molecule has 2 heterocycles. The minimum absolute atomic E-state index is 0. The molecule has 0 radical (unpaired) electrons. The molecule has 4 rings (SSSR count). The number of carbonyl (C=O) groups is 1. The number of aryl methyl sites for hydroxylation is 2. The van der Waals surface area contributed by atoms with Gasteiger partial charge in [0.25, 0.3) is 5.91 Å². The van der Waals surface area contributed by atoms with Crippen LogP contribution in [0.4, 0.5) is 5.13 Å². The smallest absolute Gasteiger partial charge is 0.260 e. The van der Waals surface area contributed by atoms with Crippen LogP contribution in [-0.2, 0) is 4.74 Å². The van der Waals surface area contributed by atoms with Crippen LogP contribution >= 0.6 is 46.9 Å². The van der Waals surface area contributed by atoms with Gasteiger partial charge in [-0.2, -0.15) is 0 Å². The summed E-state index contributed by atoms with van der Waals surface area (Å²) in [6, 6.07) is 9.10. The van der Waals surface area contributed by atoms with Crippen molar-refractivity contribution in [1.82, 2.24) is 9.88 Å². The van der Waals surface area contributed by atoms with E-state index in [-0.39, 0.29) is 18.3 Å². The van der Waals surface area contributed by atoms with E-state index in [4.69, 9.17) is 32.9 Å². The number of aromatic nitrogens is 1. The number of nitrogens with zero attached hydrogens (tertiary/aromatic N) is 3. The molecule has 9 heteroatoms. The lowest BCUT2D eigenvalue weighted by Crippen LogP contribution is -2.43. The number of carbonyl (C=O) groups excluding carboxylic acids is 1. The summed E-state index contributed by atoms with van der Waals surface area (Å²) in [4.78, 5) is 22.4. The maximum Gasteiger partial charge on any atom is 0.260 e.